The minimum Gasteiger partial charge on any atom is -0.383 e. The Morgan fingerprint density at radius 2 is 2.22 bits per heavy atom. The number of likely N-dealkylation sites (tertiary alicyclic amines) is 2. The lowest BCUT2D eigenvalue weighted by atomic mass is 9.89. The largest absolute Gasteiger partial charge is 0.383 e. The molecule has 0 aromatic carbocycles. The van der Waals surface area contributed by atoms with E-state index in [2.05, 4.69) is 14.9 Å². The van der Waals surface area contributed by atoms with Crippen LogP contribution in [0.15, 0.2) is 18.6 Å². The van der Waals surface area contributed by atoms with Gasteiger partial charge in [0.1, 0.15) is 5.69 Å². The maximum Gasteiger partial charge on any atom is 0.274 e. The molecule has 7 nitrogen and oxygen atoms in total. The monoisotopic (exact) mass is 320 g/mol. The Morgan fingerprint density at radius 1 is 1.35 bits per heavy atom. The maximum atomic E-state index is 12.8. The van der Waals surface area contributed by atoms with E-state index in [0.29, 0.717) is 24.8 Å². The molecule has 3 atom stereocenters. The molecule has 2 fully saturated rings. The van der Waals surface area contributed by atoms with Crippen molar-refractivity contribution in [1.29, 1.82) is 0 Å². The van der Waals surface area contributed by atoms with Gasteiger partial charge in [0.15, 0.2) is 0 Å². The smallest absolute Gasteiger partial charge is 0.274 e. The SMILES string of the molecule is COCCN1C[C@H]2[C@@H](C1)N(C(=O)c1cnccn1)CC[C@H]2OC. The van der Waals surface area contributed by atoms with E-state index in [0.717, 1.165) is 26.1 Å². The zero-order chi connectivity index (χ0) is 16.2. The van der Waals surface area contributed by atoms with Gasteiger partial charge in [0.05, 0.1) is 24.9 Å². The van der Waals surface area contributed by atoms with Gasteiger partial charge < -0.3 is 14.4 Å². The number of amides is 1. The Bertz CT molecular complexity index is 527. The molecular weight excluding hydrogens is 296 g/mol. The van der Waals surface area contributed by atoms with Crippen LogP contribution >= 0.6 is 0 Å². The van der Waals surface area contributed by atoms with Gasteiger partial charge in [-0.1, -0.05) is 0 Å². The molecule has 0 unspecified atom stereocenters. The summed E-state index contributed by atoms with van der Waals surface area (Å²) in [6.45, 7) is 4.09. The number of ether oxygens (including phenoxy) is 2. The number of rotatable bonds is 5. The zero-order valence-corrected chi connectivity index (χ0v) is 13.7. The number of carbonyl (C=O) groups excluding carboxylic acids is 1. The number of hydrogen-bond acceptors (Lipinski definition) is 6. The summed E-state index contributed by atoms with van der Waals surface area (Å²) in [6.07, 6.45) is 5.75. The molecule has 2 saturated heterocycles. The van der Waals surface area contributed by atoms with E-state index in [4.69, 9.17) is 9.47 Å². The maximum absolute atomic E-state index is 12.8. The number of aromatic nitrogens is 2. The molecule has 0 bridgehead atoms. The lowest BCUT2D eigenvalue weighted by Crippen LogP contribution is -2.53. The Balaban J connectivity index is 1.76. The Morgan fingerprint density at radius 3 is 2.91 bits per heavy atom. The third kappa shape index (κ3) is 3.36. The van der Waals surface area contributed by atoms with E-state index in [9.17, 15) is 4.79 Å². The van der Waals surface area contributed by atoms with Crippen LogP contribution in [0.5, 0.6) is 0 Å². The molecule has 0 saturated carbocycles. The molecule has 0 aliphatic carbocycles. The molecule has 23 heavy (non-hydrogen) atoms. The average Bonchev–Trinajstić information content (AvgIpc) is 3.03. The van der Waals surface area contributed by atoms with Crippen molar-refractivity contribution in [2.24, 2.45) is 5.92 Å². The molecule has 3 heterocycles. The third-order valence-corrected chi connectivity index (χ3v) is 4.90. The van der Waals surface area contributed by atoms with Gasteiger partial charge in [0, 0.05) is 58.7 Å². The summed E-state index contributed by atoms with van der Waals surface area (Å²) in [6, 6.07) is 0.167. The molecule has 0 N–H and O–H groups in total. The molecule has 0 spiro atoms. The highest BCUT2D eigenvalue weighted by Crippen LogP contribution is 2.33. The van der Waals surface area contributed by atoms with Crippen LogP contribution in [0.25, 0.3) is 0 Å². The van der Waals surface area contributed by atoms with Gasteiger partial charge in [0.25, 0.3) is 5.91 Å². The first-order chi connectivity index (χ1) is 11.2. The van der Waals surface area contributed by atoms with Crippen LogP contribution < -0.4 is 0 Å². The van der Waals surface area contributed by atoms with Gasteiger partial charge >= 0.3 is 0 Å². The van der Waals surface area contributed by atoms with Crippen LogP contribution in [0.3, 0.4) is 0 Å². The highest BCUT2D eigenvalue weighted by molar-refractivity contribution is 5.92. The minimum absolute atomic E-state index is 0.0313. The Hall–Kier alpha value is -1.57. The number of piperidine rings is 1. The lowest BCUT2D eigenvalue weighted by molar-refractivity contribution is -0.0159. The number of carbonyl (C=O) groups is 1. The predicted octanol–water partition coefficient (Wildman–Crippen LogP) is 0.284. The first-order valence-corrected chi connectivity index (χ1v) is 8.05. The van der Waals surface area contributed by atoms with E-state index < -0.39 is 0 Å². The van der Waals surface area contributed by atoms with Crippen LogP contribution in [0.2, 0.25) is 0 Å². The number of methoxy groups -OCH3 is 2. The summed E-state index contributed by atoms with van der Waals surface area (Å²) in [5.41, 5.74) is 0.414. The molecule has 2 aliphatic rings. The lowest BCUT2D eigenvalue weighted by Gasteiger charge is -2.40. The number of nitrogens with zero attached hydrogens (tertiary/aromatic N) is 4. The molecule has 126 valence electrons. The van der Waals surface area contributed by atoms with Gasteiger partial charge in [-0.05, 0) is 6.42 Å². The van der Waals surface area contributed by atoms with E-state index in [-0.39, 0.29) is 18.1 Å². The molecule has 1 amide bonds. The van der Waals surface area contributed by atoms with Crippen LogP contribution in [-0.4, -0.2) is 84.8 Å². The second-order valence-corrected chi connectivity index (χ2v) is 6.14. The van der Waals surface area contributed by atoms with Gasteiger partial charge in [0.2, 0.25) is 0 Å². The molecular formula is C16H24N4O3. The van der Waals surface area contributed by atoms with Crippen LogP contribution in [0, 0.1) is 5.92 Å². The fourth-order valence-corrected chi connectivity index (χ4v) is 3.74. The zero-order valence-electron chi connectivity index (χ0n) is 13.7. The van der Waals surface area contributed by atoms with Gasteiger partial charge in [-0.3, -0.25) is 14.7 Å². The fraction of sp³-hybridized carbons (Fsp3) is 0.688. The van der Waals surface area contributed by atoms with Crippen molar-refractivity contribution in [1.82, 2.24) is 19.8 Å². The summed E-state index contributed by atoms with van der Waals surface area (Å²) < 4.78 is 10.8. The first kappa shape index (κ1) is 16.3. The topological polar surface area (TPSA) is 67.8 Å². The Kier molecular flexibility index (Phi) is 5.20. The highest BCUT2D eigenvalue weighted by Gasteiger charge is 2.46. The first-order valence-electron chi connectivity index (χ1n) is 8.05. The van der Waals surface area contributed by atoms with Crippen molar-refractivity contribution in [2.75, 3.05) is 47.0 Å². The van der Waals surface area contributed by atoms with Crippen LogP contribution in [-0.2, 0) is 9.47 Å². The van der Waals surface area contributed by atoms with Crippen LogP contribution in [0.1, 0.15) is 16.9 Å². The highest BCUT2D eigenvalue weighted by atomic mass is 16.5. The van der Waals surface area contributed by atoms with Gasteiger partial charge in [-0.2, -0.15) is 0 Å². The summed E-state index contributed by atoms with van der Waals surface area (Å²) in [5.74, 6) is 0.308. The van der Waals surface area contributed by atoms with Crippen LogP contribution in [0.4, 0.5) is 0 Å². The molecule has 3 rings (SSSR count). The second-order valence-electron chi connectivity index (χ2n) is 6.14. The normalized spacial score (nSPS) is 27.9. The summed E-state index contributed by atoms with van der Waals surface area (Å²) >= 11 is 0. The van der Waals surface area contributed by atoms with Gasteiger partial charge in [-0.25, -0.2) is 4.98 Å². The minimum atomic E-state index is -0.0313. The third-order valence-electron chi connectivity index (χ3n) is 4.90. The van der Waals surface area contributed by atoms with Crippen molar-refractivity contribution in [3.8, 4) is 0 Å². The van der Waals surface area contributed by atoms with Crippen molar-refractivity contribution in [2.45, 2.75) is 18.6 Å². The molecule has 7 heteroatoms. The second kappa shape index (κ2) is 7.33. The molecule has 1 aromatic rings. The van der Waals surface area contributed by atoms with E-state index in [1.54, 1.807) is 26.6 Å². The summed E-state index contributed by atoms with van der Waals surface area (Å²) in [5, 5.41) is 0. The number of hydrogen-bond donors (Lipinski definition) is 0. The summed E-state index contributed by atoms with van der Waals surface area (Å²) in [4.78, 5) is 25.3. The van der Waals surface area contributed by atoms with Gasteiger partial charge in [-0.15, -0.1) is 0 Å². The standard InChI is InChI=1S/C16H24N4O3/c1-22-8-7-19-10-12-14(11-19)20(6-3-15(12)23-2)16(21)13-9-17-4-5-18-13/h4-5,9,12,14-15H,3,6-8,10-11H2,1-2H3/t12-,14+,15+/m0/s1. The average molecular weight is 320 g/mol. The van der Waals surface area contributed by atoms with E-state index in [1.165, 1.54) is 6.20 Å². The van der Waals surface area contributed by atoms with E-state index in [1.807, 2.05) is 4.90 Å². The number of fused-ring (bicyclic) bond motifs is 1. The molecule has 1 aromatic heterocycles. The molecule has 2 aliphatic heterocycles. The fourth-order valence-electron chi connectivity index (χ4n) is 3.74. The molecule has 0 radical (unpaired) electrons. The van der Waals surface area contributed by atoms with Crippen molar-refractivity contribution in [3.05, 3.63) is 24.3 Å². The van der Waals surface area contributed by atoms with E-state index >= 15 is 0 Å². The van der Waals surface area contributed by atoms with Crippen molar-refractivity contribution in [3.63, 3.8) is 0 Å². The summed E-state index contributed by atoms with van der Waals surface area (Å²) in [7, 11) is 3.48. The van der Waals surface area contributed by atoms with Crippen molar-refractivity contribution >= 4 is 5.91 Å². The quantitative estimate of drug-likeness (QED) is 0.776. The Labute approximate surface area is 136 Å². The predicted molar refractivity (Wildman–Crippen MR) is 84.1 cm³/mol. The van der Waals surface area contributed by atoms with Crippen molar-refractivity contribution < 1.29 is 14.3 Å².